The molecular weight excluding hydrogens is 540 g/mol. The Morgan fingerprint density at radius 1 is 0.311 bits per heavy atom. The van der Waals surface area contributed by atoms with Crippen LogP contribution in [0.15, 0.2) is 158 Å². The molecule has 0 atom stereocenters. The van der Waals surface area contributed by atoms with Gasteiger partial charge in [0.05, 0.1) is 0 Å². The van der Waals surface area contributed by atoms with Crippen molar-refractivity contribution >= 4 is 32.3 Å². The second-order valence-electron chi connectivity index (χ2n) is 13.0. The van der Waals surface area contributed by atoms with E-state index in [0.29, 0.717) is 0 Å². The molecule has 0 N–H and O–H groups in total. The lowest BCUT2D eigenvalue weighted by molar-refractivity contribution is 0.661. The number of rotatable bonds is 3. The number of hydrogen-bond donors (Lipinski definition) is 0. The molecule has 0 aromatic heterocycles. The second kappa shape index (κ2) is 9.78. The fourth-order valence-electron chi connectivity index (χ4n) is 7.62. The topological polar surface area (TPSA) is 0 Å². The first-order valence-electron chi connectivity index (χ1n) is 15.8. The Balaban J connectivity index is 1.12. The zero-order valence-electron chi connectivity index (χ0n) is 25.5. The molecular formula is C45H32. The third-order valence-electron chi connectivity index (χ3n) is 10.0. The number of fused-ring (bicyclic) bond motifs is 7. The first-order valence-corrected chi connectivity index (χ1v) is 15.8. The van der Waals surface area contributed by atoms with Gasteiger partial charge >= 0.3 is 0 Å². The molecule has 0 heterocycles. The molecule has 1 aliphatic rings. The van der Waals surface area contributed by atoms with Crippen molar-refractivity contribution < 1.29 is 0 Å². The predicted octanol–water partition coefficient (Wildman–Crippen LogP) is 12.5. The van der Waals surface area contributed by atoms with Crippen LogP contribution in [0.1, 0.15) is 25.0 Å². The SMILES string of the molecule is CC1(C)c2cc(-c3cccc(-c4cc5ccccc5c5ccccc45)c3)ccc2-c2ccc(-c3ccc4ccccc4c3)cc21. The Bertz CT molecular complexity index is 2460. The van der Waals surface area contributed by atoms with Gasteiger partial charge in [-0.1, -0.05) is 141 Å². The van der Waals surface area contributed by atoms with Crippen LogP contribution in [0.4, 0.5) is 0 Å². The molecule has 1 aliphatic carbocycles. The molecule has 0 radical (unpaired) electrons. The fraction of sp³-hybridized carbons (Fsp3) is 0.0667. The van der Waals surface area contributed by atoms with Crippen LogP contribution in [0.2, 0.25) is 0 Å². The van der Waals surface area contributed by atoms with E-state index in [-0.39, 0.29) is 5.41 Å². The van der Waals surface area contributed by atoms with E-state index in [2.05, 4.69) is 172 Å². The third kappa shape index (κ3) is 4.06. The van der Waals surface area contributed by atoms with Gasteiger partial charge in [-0.2, -0.15) is 0 Å². The molecule has 0 unspecified atom stereocenters. The maximum absolute atomic E-state index is 2.43. The zero-order chi connectivity index (χ0) is 30.1. The largest absolute Gasteiger partial charge is 0.0616 e. The van der Waals surface area contributed by atoms with Gasteiger partial charge < -0.3 is 0 Å². The lowest BCUT2D eigenvalue weighted by atomic mass is 9.80. The van der Waals surface area contributed by atoms with Gasteiger partial charge in [-0.05, 0) is 118 Å². The summed E-state index contributed by atoms with van der Waals surface area (Å²) in [6.45, 7) is 4.76. The number of hydrogen-bond acceptors (Lipinski definition) is 0. The smallest absolute Gasteiger partial charge is 0.0159 e. The van der Waals surface area contributed by atoms with E-state index >= 15 is 0 Å². The van der Waals surface area contributed by atoms with Crippen LogP contribution < -0.4 is 0 Å². The van der Waals surface area contributed by atoms with Crippen molar-refractivity contribution in [3.63, 3.8) is 0 Å². The standard InChI is InChI=1S/C45H32/c1-45(2)43-27-33(20-22-40(43)41-23-21-34(28-44(41)45)32-19-18-29-10-3-4-11-30(29)24-32)31-13-9-14-35(25-31)42-26-36-12-5-6-15-37(36)38-16-7-8-17-39(38)42/h3-28H,1-2H3. The van der Waals surface area contributed by atoms with E-state index in [1.807, 2.05) is 0 Å². The molecule has 0 amide bonds. The Morgan fingerprint density at radius 3 is 1.58 bits per heavy atom. The van der Waals surface area contributed by atoms with E-state index < -0.39 is 0 Å². The summed E-state index contributed by atoms with van der Waals surface area (Å²) in [7, 11) is 0. The van der Waals surface area contributed by atoms with E-state index in [4.69, 9.17) is 0 Å². The molecule has 9 rings (SSSR count). The lowest BCUT2D eigenvalue weighted by Crippen LogP contribution is -2.15. The van der Waals surface area contributed by atoms with Crippen LogP contribution in [0.25, 0.3) is 76.8 Å². The quantitative estimate of drug-likeness (QED) is 0.185. The molecule has 45 heavy (non-hydrogen) atoms. The Labute approximate surface area is 264 Å². The Morgan fingerprint density at radius 2 is 0.844 bits per heavy atom. The van der Waals surface area contributed by atoms with Crippen LogP contribution in [0, 0.1) is 0 Å². The highest BCUT2D eigenvalue weighted by Gasteiger charge is 2.35. The molecule has 8 aromatic carbocycles. The molecule has 0 saturated carbocycles. The maximum Gasteiger partial charge on any atom is 0.0159 e. The van der Waals surface area contributed by atoms with Gasteiger partial charge in [0, 0.05) is 5.41 Å². The van der Waals surface area contributed by atoms with Gasteiger partial charge in [0.1, 0.15) is 0 Å². The van der Waals surface area contributed by atoms with Gasteiger partial charge in [-0.25, -0.2) is 0 Å². The molecule has 0 saturated heterocycles. The van der Waals surface area contributed by atoms with E-state index in [1.165, 1.54) is 88.0 Å². The summed E-state index contributed by atoms with van der Waals surface area (Å²) in [5, 5.41) is 7.73. The van der Waals surface area contributed by atoms with Gasteiger partial charge in [0.2, 0.25) is 0 Å². The fourth-order valence-corrected chi connectivity index (χ4v) is 7.62. The van der Waals surface area contributed by atoms with Crippen LogP contribution in [0.3, 0.4) is 0 Å². The van der Waals surface area contributed by atoms with Crippen molar-refractivity contribution in [2.24, 2.45) is 0 Å². The minimum atomic E-state index is -0.0975. The Hall–Kier alpha value is -5.46. The normalized spacial score (nSPS) is 13.3. The highest BCUT2D eigenvalue weighted by Crippen LogP contribution is 2.51. The van der Waals surface area contributed by atoms with E-state index in [9.17, 15) is 0 Å². The van der Waals surface area contributed by atoms with Crippen LogP contribution in [0.5, 0.6) is 0 Å². The van der Waals surface area contributed by atoms with Crippen LogP contribution in [-0.4, -0.2) is 0 Å². The minimum absolute atomic E-state index is 0.0975. The Kier molecular flexibility index (Phi) is 5.64. The van der Waals surface area contributed by atoms with Crippen molar-refractivity contribution in [3.05, 3.63) is 169 Å². The van der Waals surface area contributed by atoms with Gasteiger partial charge in [0.15, 0.2) is 0 Å². The van der Waals surface area contributed by atoms with Gasteiger partial charge in [-0.3, -0.25) is 0 Å². The van der Waals surface area contributed by atoms with E-state index in [0.717, 1.165) is 0 Å². The molecule has 0 spiro atoms. The summed E-state index contributed by atoms with van der Waals surface area (Å²) >= 11 is 0. The van der Waals surface area contributed by atoms with Crippen LogP contribution >= 0.6 is 0 Å². The molecule has 8 aromatic rings. The summed E-state index contributed by atoms with van der Waals surface area (Å²) in [6.07, 6.45) is 0. The summed E-state index contributed by atoms with van der Waals surface area (Å²) in [5.74, 6) is 0. The van der Waals surface area contributed by atoms with Crippen molar-refractivity contribution in [1.82, 2.24) is 0 Å². The van der Waals surface area contributed by atoms with Gasteiger partial charge in [0.25, 0.3) is 0 Å². The number of benzene rings is 8. The molecule has 212 valence electrons. The van der Waals surface area contributed by atoms with Crippen LogP contribution in [-0.2, 0) is 5.41 Å². The van der Waals surface area contributed by atoms with Crippen molar-refractivity contribution in [2.45, 2.75) is 19.3 Å². The first-order chi connectivity index (χ1) is 22.0. The van der Waals surface area contributed by atoms with Crippen molar-refractivity contribution in [2.75, 3.05) is 0 Å². The lowest BCUT2D eigenvalue weighted by Gasteiger charge is -2.23. The second-order valence-corrected chi connectivity index (χ2v) is 13.0. The monoisotopic (exact) mass is 572 g/mol. The molecule has 0 fully saturated rings. The predicted molar refractivity (Wildman–Crippen MR) is 193 cm³/mol. The van der Waals surface area contributed by atoms with E-state index in [1.54, 1.807) is 0 Å². The zero-order valence-corrected chi connectivity index (χ0v) is 25.5. The average molecular weight is 573 g/mol. The first kappa shape index (κ1) is 26.0. The summed E-state index contributed by atoms with van der Waals surface area (Å²) < 4.78 is 0. The summed E-state index contributed by atoms with van der Waals surface area (Å²) in [6, 6.07) is 58.5. The maximum atomic E-state index is 2.43. The highest BCUT2D eigenvalue weighted by atomic mass is 14.4. The van der Waals surface area contributed by atoms with Crippen molar-refractivity contribution in [3.8, 4) is 44.5 Å². The summed E-state index contributed by atoms with van der Waals surface area (Å²) in [5.41, 5.74) is 13.0. The minimum Gasteiger partial charge on any atom is -0.0616 e. The van der Waals surface area contributed by atoms with Gasteiger partial charge in [-0.15, -0.1) is 0 Å². The highest BCUT2D eigenvalue weighted by molar-refractivity contribution is 6.13. The third-order valence-corrected chi connectivity index (χ3v) is 10.0. The molecule has 0 nitrogen and oxygen atoms in total. The van der Waals surface area contributed by atoms with Crippen molar-refractivity contribution in [1.29, 1.82) is 0 Å². The molecule has 0 aliphatic heterocycles. The average Bonchev–Trinajstić information content (AvgIpc) is 3.32. The molecule has 0 heteroatoms. The molecule has 0 bridgehead atoms. The summed E-state index contributed by atoms with van der Waals surface area (Å²) in [4.78, 5) is 0.